The van der Waals surface area contributed by atoms with E-state index in [9.17, 15) is 10.1 Å². The molecule has 0 atom stereocenters. The van der Waals surface area contributed by atoms with Crippen LogP contribution in [-0.4, -0.2) is 33.0 Å². The number of hydrogen-bond acceptors (Lipinski definition) is 4. The molecule has 0 aromatic carbocycles. The van der Waals surface area contributed by atoms with Crippen molar-refractivity contribution in [3.63, 3.8) is 0 Å². The van der Waals surface area contributed by atoms with Crippen LogP contribution in [0.3, 0.4) is 0 Å². The SMILES string of the molecule is Cc1c(B(O)OC(C)(C)C(C)(C)O)cc(C#N)n1C. The van der Waals surface area contributed by atoms with Gasteiger partial charge in [-0.2, -0.15) is 5.26 Å². The first-order valence-corrected chi connectivity index (χ1v) is 6.16. The highest BCUT2D eigenvalue weighted by Crippen LogP contribution is 2.25. The van der Waals surface area contributed by atoms with Gasteiger partial charge in [0, 0.05) is 18.2 Å². The molecule has 1 rings (SSSR count). The van der Waals surface area contributed by atoms with E-state index in [1.165, 1.54) is 0 Å². The van der Waals surface area contributed by atoms with Crippen LogP contribution in [0.25, 0.3) is 0 Å². The summed E-state index contributed by atoms with van der Waals surface area (Å²) in [7, 11) is 0.570. The maximum atomic E-state index is 10.2. The number of nitriles is 1. The van der Waals surface area contributed by atoms with Gasteiger partial charge in [0.15, 0.2) is 0 Å². The predicted octanol–water partition coefficient (Wildman–Crippen LogP) is 0.459. The van der Waals surface area contributed by atoms with Gasteiger partial charge in [0.05, 0.1) is 11.2 Å². The molecule has 0 amide bonds. The Balaban J connectivity index is 3.04. The maximum Gasteiger partial charge on any atom is 0.493 e. The Hall–Kier alpha value is -1.29. The monoisotopic (exact) mass is 264 g/mol. The molecule has 1 heterocycles. The molecule has 0 spiro atoms. The second kappa shape index (κ2) is 5.01. The molecule has 0 unspecified atom stereocenters. The Labute approximate surface area is 114 Å². The van der Waals surface area contributed by atoms with Crippen LogP contribution in [0.1, 0.15) is 39.1 Å². The number of aliphatic hydroxyl groups is 1. The summed E-state index contributed by atoms with van der Waals surface area (Å²) in [6.45, 7) is 8.47. The van der Waals surface area contributed by atoms with Crippen LogP contribution in [0.2, 0.25) is 0 Å². The minimum Gasteiger partial charge on any atom is -0.423 e. The highest BCUT2D eigenvalue weighted by Gasteiger charge is 2.40. The molecular weight excluding hydrogens is 243 g/mol. The zero-order valence-electron chi connectivity index (χ0n) is 12.4. The minimum atomic E-state index is -1.19. The van der Waals surface area contributed by atoms with E-state index in [0.29, 0.717) is 11.2 Å². The molecule has 0 fully saturated rings. The molecule has 0 aliphatic carbocycles. The zero-order valence-corrected chi connectivity index (χ0v) is 12.4. The van der Waals surface area contributed by atoms with Crippen LogP contribution in [0.15, 0.2) is 6.07 Å². The first-order valence-electron chi connectivity index (χ1n) is 6.16. The Morgan fingerprint density at radius 2 is 1.89 bits per heavy atom. The minimum absolute atomic E-state index is 0.455. The van der Waals surface area contributed by atoms with E-state index >= 15 is 0 Å². The molecule has 0 saturated carbocycles. The number of rotatable bonds is 4. The summed E-state index contributed by atoms with van der Waals surface area (Å²) in [5, 5.41) is 29.2. The fraction of sp³-hybridized carbons (Fsp3) is 0.615. The Bertz CT molecular complexity index is 509. The van der Waals surface area contributed by atoms with Gasteiger partial charge in [-0.15, -0.1) is 0 Å². The van der Waals surface area contributed by atoms with Gasteiger partial charge in [-0.3, -0.25) is 0 Å². The van der Waals surface area contributed by atoms with Gasteiger partial charge >= 0.3 is 7.12 Å². The summed E-state index contributed by atoms with van der Waals surface area (Å²) < 4.78 is 7.26. The van der Waals surface area contributed by atoms with Crippen molar-refractivity contribution in [2.24, 2.45) is 7.05 Å². The quantitative estimate of drug-likeness (QED) is 0.774. The van der Waals surface area contributed by atoms with E-state index < -0.39 is 18.3 Å². The summed E-state index contributed by atoms with van der Waals surface area (Å²) in [5.41, 5.74) is -0.279. The van der Waals surface area contributed by atoms with Crippen molar-refractivity contribution >= 4 is 12.6 Å². The molecule has 0 saturated heterocycles. The lowest BCUT2D eigenvalue weighted by atomic mass is 9.76. The first-order chi connectivity index (χ1) is 8.51. The van der Waals surface area contributed by atoms with Crippen LogP contribution in [0.5, 0.6) is 0 Å². The molecular formula is C13H21BN2O3. The average Bonchev–Trinajstić information content (AvgIpc) is 2.53. The lowest BCUT2D eigenvalue weighted by Gasteiger charge is -2.38. The first kappa shape index (κ1) is 15.8. The second-order valence-corrected chi connectivity index (χ2v) is 5.78. The third-order valence-corrected chi connectivity index (χ3v) is 3.83. The fourth-order valence-electron chi connectivity index (χ4n) is 1.57. The molecule has 6 heteroatoms. The molecule has 0 aliphatic heterocycles. The number of hydrogen-bond donors (Lipinski definition) is 2. The Kier molecular flexibility index (Phi) is 4.16. The number of nitrogens with zero attached hydrogens (tertiary/aromatic N) is 2. The molecule has 1 aromatic heterocycles. The molecule has 0 bridgehead atoms. The molecule has 5 nitrogen and oxygen atoms in total. The summed E-state index contributed by atoms with van der Waals surface area (Å²) in [4.78, 5) is 0. The van der Waals surface area contributed by atoms with Gasteiger partial charge in [0.2, 0.25) is 0 Å². The second-order valence-electron chi connectivity index (χ2n) is 5.78. The van der Waals surface area contributed by atoms with Gasteiger partial charge in [-0.05, 0) is 40.7 Å². The predicted molar refractivity (Wildman–Crippen MR) is 73.9 cm³/mol. The largest absolute Gasteiger partial charge is 0.493 e. The normalized spacial score (nSPS) is 12.4. The Morgan fingerprint density at radius 3 is 2.26 bits per heavy atom. The topological polar surface area (TPSA) is 78.4 Å². The van der Waals surface area contributed by atoms with Gasteiger partial charge in [-0.25, -0.2) is 0 Å². The van der Waals surface area contributed by atoms with E-state index in [-0.39, 0.29) is 0 Å². The Morgan fingerprint density at radius 1 is 1.37 bits per heavy atom. The van der Waals surface area contributed by atoms with Crippen molar-refractivity contribution in [3.05, 3.63) is 17.5 Å². The van der Waals surface area contributed by atoms with Crippen LogP contribution in [-0.2, 0) is 11.7 Å². The average molecular weight is 264 g/mol. The van der Waals surface area contributed by atoms with Crippen molar-refractivity contribution < 1.29 is 14.8 Å². The summed E-state index contributed by atoms with van der Waals surface area (Å²) in [6, 6.07) is 3.65. The van der Waals surface area contributed by atoms with E-state index in [2.05, 4.69) is 6.07 Å². The molecule has 104 valence electrons. The van der Waals surface area contributed by atoms with Gasteiger partial charge in [0.25, 0.3) is 0 Å². The highest BCUT2D eigenvalue weighted by atomic mass is 16.5. The lowest BCUT2D eigenvalue weighted by Crippen LogP contribution is -2.53. The molecule has 1 aromatic rings. The van der Waals surface area contributed by atoms with Gasteiger partial charge in [0.1, 0.15) is 11.8 Å². The van der Waals surface area contributed by atoms with Gasteiger partial charge in [-0.1, -0.05) is 0 Å². The van der Waals surface area contributed by atoms with E-state index in [4.69, 9.17) is 9.92 Å². The van der Waals surface area contributed by atoms with Crippen molar-refractivity contribution in [1.82, 2.24) is 4.57 Å². The van der Waals surface area contributed by atoms with Crippen molar-refractivity contribution in [1.29, 1.82) is 5.26 Å². The number of aromatic nitrogens is 1. The molecule has 0 radical (unpaired) electrons. The highest BCUT2D eigenvalue weighted by molar-refractivity contribution is 6.60. The molecule has 19 heavy (non-hydrogen) atoms. The summed E-state index contributed by atoms with van der Waals surface area (Å²) >= 11 is 0. The third kappa shape index (κ3) is 3.00. The van der Waals surface area contributed by atoms with Crippen LogP contribution >= 0.6 is 0 Å². The van der Waals surface area contributed by atoms with E-state index in [0.717, 1.165) is 5.69 Å². The van der Waals surface area contributed by atoms with Crippen molar-refractivity contribution in [2.45, 2.75) is 45.8 Å². The lowest BCUT2D eigenvalue weighted by molar-refractivity contribution is -0.0982. The van der Waals surface area contributed by atoms with Crippen LogP contribution in [0.4, 0.5) is 0 Å². The van der Waals surface area contributed by atoms with Crippen LogP contribution in [0, 0.1) is 18.3 Å². The van der Waals surface area contributed by atoms with E-state index in [1.807, 2.05) is 0 Å². The standard InChI is InChI=1S/C13H21BN2O3/c1-9-11(7-10(8-15)16(9)6)14(18)19-13(4,5)12(2,3)17/h7,17-18H,1-6H3. The molecule has 2 N–H and O–H groups in total. The third-order valence-electron chi connectivity index (χ3n) is 3.83. The van der Waals surface area contributed by atoms with Crippen molar-refractivity contribution in [2.75, 3.05) is 0 Å². The van der Waals surface area contributed by atoms with E-state index in [1.54, 1.807) is 52.3 Å². The maximum absolute atomic E-state index is 10.2. The fourth-order valence-corrected chi connectivity index (χ4v) is 1.57. The summed E-state index contributed by atoms with van der Waals surface area (Å²) in [6.07, 6.45) is 0. The molecule has 0 aliphatic rings. The van der Waals surface area contributed by atoms with Gasteiger partial charge < -0.3 is 19.4 Å². The van der Waals surface area contributed by atoms with Crippen molar-refractivity contribution in [3.8, 4) is 6.07 Å². The zero-order chi connectivity index (χ0) is 15.0. The summed E-state index contributed by atoms with van der Waals surface area (Å²) in [5.74, 6) is 0. The smallest absolute Gasteiger partial charge is 0.423 e. The van der Waals surface area contributed by atoms with Crippen LogP contribution < -0.4 is 5.46 Å².